The predicted octanol–water partition coefficient (Wildman–Crippen LogP) is 2.70. The Bertz CT molecular complexity index is 847. The summed E-state index contributed by atoms with van der Waals surface area (Å²) in [5.41, 5.74) is 6.27. The molecule has 8 heteroatoms. The zero-order valence-corrected chi connectivity index (χ0v) is 15.9. The van der Waals surface area contributed by atoms with E-state index in [0.29, 0.717) is 11.3 Å². The van der Waals surface area contributed by atoms with Gasteiger partial charge in [-0.05, 0) is 44.2 Å². The number of primary amides is 1. The lowest BCUT2D eigenvalue weighted by molar-refractivity contribution is -0.00545. The van der Waals surface area contributed by atoms with Crippen LogP contribution in [0.4, 0.5) is 11.5 Å². The number of anilines is 2. The second kappa shape index (κ2) is 7.94. The van der Waals surface area contributed by atoms with Gasteiger partial charge in [0.25, 0.3) is 5.91 Å². The number of amides is 2. The number of carbonyl (C=O) groups is 2. The number of morpholine rings is 1. The predicted molar refractivity (Wildman–Crippen MR) is 104 cm³/mol. The van der Waals surface area contributed by atoms with Crippen molar-refractivity contribution in [3.63, 3.8) is 0 Å². The van der Waals surface area contributed by atoms with Crippen molar-refractivity contribution < 1.29 is 14.3 Å². The zero-order chi connectivity index (χ0) is 19.6. The van der Waals surface area contributed by atoms with Crippen LogP contribution in [0.15, 0.2) is 36.5 Å². The lowest BCUT2D eigenvalue weighted by Gasteiger charge is -2.36. The minimum Gasteiger partial charge on any atom is -0.372 e. The third-order valence-electron chi connectivity index (χ3n) is 4.25. The summed E-state index contributed by atoms with van der Waals surface area (Å²) in [7, 11) is 0. The minimum atomic E-state index is -0.640. The molecule has 1 aliphatic heterocycles. The number of benzene rings is 1. The largest absolute Gasteiger partial charge is 0.372 e. The SMILES string of the molecule is CC1CN(c2ccc(NC(=O)c3ccc(C(N)=O)c(Cl)c3)cn2)CC(C)O1. The third-order valence-corrected chi connectivity index (χ3v) is 4.56. The van der Waals surface area contributed by atoms with Crippen molar-refractivity contribution >= 4 is 34.9 Å². The van der Waals surface area contributed by atoms with E-state index in [1.54, 1.807) is 12.3 Å². The summed E-state index contributed by atoms with van der Waals surface area (Å²) in [6.45, 7) is 5.61. The topological polar surface area (TPSA) is 97.6 Å². The van der Waals surface area contributed by atoms with Gasteiger partial charge < -0.3 is 20.7 Å². The highest BCUT2D eigenvalue weighted by molar-refractivity contribution is 6.34. The van der Waals surface area contributed by atoms with E-state index < -0.39 is 5.91 Å². The number of halogens is 1. The van der Waals surface area contributed by atoms with Crippen LogP contribution in [-0.2, 0) is 4.74 Å². The van der Waals surface area contributed by atoms with Gasteiger partial charge in [0, 0.05) is 18.7 Å². The molecule has 1 aromatic carbocycles. The molecule has 142 valence electrons. The molecule has 0 radical (unpaired) electrons. The summed E-state index contributed by atoms with van der Waals surface area (Å²) >= 11 is 5.99. The average Bonchev–Trinajstić information content (AvgIpc) is 2.61. The lowest BCUT2D eigenvalue weighted by Crippen LogP contribution is -2.45. The zero-order valence-electron chi connectivity index (χ0n) is 15.1. The van der Waals surface area contributed by atoms with Crippen LogP contribution in [0, 0.1) is 0 Å². The van der Waals surface area contributed by atoms with Crippen molar-refractivity contribution in [1.82, 2.24) is 4.98 Å². The molecule has 2 unspecified atom stereocenters. The Labute approximate surface area is 162 Å². The Morgan fingerprint density at radius 3 is 2.48 bits per heavy atom. The smallest absolute Gasteiger partial charge is 0.255 e. The van der Waals surface area contributed by atoms with Gasteiger partial charge in [0.05, 0.1) is 34.7 Å². The summed E-state index contributed by atoms with van der Waals surface area (Å²) in [6.07, 6.45) is 1.89. The first-order valence-corrected chi connectivity index (χ1v) is 8.98. The van der Waals surface area contributed by atoms with Crippen molar-refractivity contribution in [2.45, 2.75) is 26.1 Å². The van der Waals surface area contributed by atoms with E-state index >= 15 is 0 Å². The first-order chi connectivity index (χ1) is 12.8. The van der Waals surface area contributed by atoms with Gasteiger partial charge >= 0.3 is 0 Å². The first-order valence-electron chi connectivity index (χ1n) is 8.60. The van der Waals surface area contributed by atoms with Crippen LogP contribution >= 0.6 is 11.6 Å². The Morgan fingerprint density at radius 2 is 1.93 bits per heavy atom. The summed E-state index contributed by atoms with van der Waals surface area (Å²) in [4.78, 5) is 30.2. The number of pyridine rings is 1. The molecular formula is C19H21ClN4O3. The molecule has 2 amide bonds. The minimum absolute atomic E-state index is 0.138. The highest BCUT2D eigenvalue weighted by Crippen LogP contribution is 2.21. The maximum absolute atomic E-state index is 12.4. The van der Waals surface area contributed by atoms with Crippen molar-refractivity contribution in [3.8, 4) is 0 Å². The fourth-order valence-electron chi connectivity index (χ4n) is 3.07. The molecule has 2 atom stereocenters. The molecule has 7 nitrogen and oxygen atoms in total. The number of rotatable bonds is 4. The molecule has 3 rings (SSSR count). The number of nitrogens with zero attached hydrogens (tertiary/aromatic N) is 2. The van der Waals surface area contributed by atoms with Gasteiger partial charge in [-0.15, -0.1) is 0 Å². The summed E-state index contributed by atoms with van der Waals surface area (Å²) in [5.74, 6) is -0.154. The average molecular weight is 389 g/mol. The van der Waals surface area contributed by atoms with Crippen molar-refractivity contribution in [3.05, 3.63) is 52.7 Å². The highest BCUT2D eigenvalue weighted by atomic mass is 35.5. The standard InChI is InChI=1S/C19H21ClN4O3/c1-11-9-24(10-12(2)27-11)17-6-4-14(8-22-17)23-19(26)13-3-5-15(18(21)25)16(20)7-13/h3-8,11-12H,9-10H2,1-2H3,(H2,21,25)(H,23,26). The van der Waals surface area contributed by atoms with Gasteiger partial charge in [-0.1, -0.05) is 11.6 Å². The van der Waals surface area contributed by atoms with Crippen molar-refractivity contribution in [1.29, 1.82) is 0 Å². The maximum Gasteiger partial charge on any atom is 0.255 e. The number of nitrogens with two attached hydrogens (primary N) is 1. The van der Waals surface area contributed by atoms with Gasteiger partial charge in [-0.3, -0.25) is 9.59 Å². The molecule has 0 saturated carbocycles. The van der Waals surface area contributed by atoms with Crippen LogP contribution in [0.2, 0.25) is 5.02 Å². The van der Waals surface area contributed by atoms with Gasteiger partial charge in [-0.2, -0.15) is 0 Å². The molecule has 1 aromatic heterocycles. The van der Waals surface area contributed by atoms with Crippen LogP contribution in [0.5, 0.6) is 0 Å². The Balaban J connectivity index is 1.68. The van der Waals surface area contributed by atoms with Crippen LogP contribution in [-0.4, -0.2) is 42.1 Å². The maximum atomic E-state index is 12.4. The summed E-state index contributed by atoms with van der Waals surface area (Å²) in [5, 5.41) is 2.90. The van der Waals surface area contributed by atoms with Crippen LogP contribution < -0.4 is 16.0 Å². The number of nitrogens with one attached hydrogen (secondary N) is 1. The molecule has 1 fully saturated rings. The highest BCUT2D eigenvalue weighted by Gasteiger charge is 2.23. The van der Waals surface area contributed by atoms with E-state index in [-0.39, 0.29) is 28.7 Å². The number of aromatic nitrogens is 1. The van der Waals surface area contributed by atoms with E-state index in [1.807, 2.05) is 19.9 Å². The van der Waals surface area contributed by atoms with Crippen LogP contribution in [0.1, 0.15) is 34.6 Å². The quantitative estimate of drug-likeness (QED) is 0.839. The second-order valence-corrected chi connectivity index (χ2v) is 6.99. The Morgan fingerprint density at radius 1 is 1.22 bits per heavy atom. The fourth-order valence-corrected chi connectivity index (χ4v) is 3.35. The first kappa shape index (κ1) is 19.1. The van der Waals surface area contributed by atoms with E-state index in [0.717, 1.165) is 18.9 Å². The van der Waals surface area contributed by atoms with Gasteiger partial charge in [0.1, 0.15) is 5.82 Å². The lowest BCUT2D eigenvalue weighted by atomic mass is 10.1. The fraction of sp³-hybridized carbons (Fsp3) is 0.316. The molecule has 0 spiro atoms. The van der Waals surface area contributed by atoms with Crippen molar-refractivity contribution in [2.75, 3.05) is 23.3 Å². The molecule has 1 aliphatic rings. The van der Waals surface area contributed by atoms with E-state index in [2.05, 4.69) is 15.2 Å². The Hall–Kier alpha value is -2.64. The number of hydrogen-bond donors (Lipinski definition) is 2. The van der Waals surface area contributed by atoms with Gasteiger partial charge in [0.15, 0.2) is 0 Å². The molecule has 2 heterocycles. The molecule has 0 aliphatic carbocycles. The molecule has 3 N–H and O–H groups in total. The number of hydrogen-bond acceptors (Lipinski definition) is 5. The molecular weight excluding hydrogens is 368 g/mol. The van der Waals surface area contributed by atoms with Gasteiger partial charge in [0.2, 0.25) is 5.91 Å². The third kappa shape index (κ3) is 4.56. The molecule has 2 aromatic rings. The Kier molecular flexibility index (Phi) is 5.62. The van der Waals surface area contributed by atoms with E-state index in [1.165, 1.54) is 18.2 Å². The van der Waals surface area contributed by atoms with Crippen LogP contribution in [0.25, 0.3) is 0 Å². The molecule has 27 heavy (non-hydrogen) atoms. The van der Waals surface area contributed by atoms with Crippen molar-refractivity contribution in [2.24, 2.45) is 5.73 Å². The van der Waals surface area contributed by atoms with E-state index in [9.17, 15) is 9.59 Å². The normalized spacial score (nSPS) is 19.6. The second-order valence-electron chi connectivity index (χ2n) is 6.58. The van der Waals surface area contributed by atoms with Gasteiger partial charge in [-0.25, -0.2) is 4.98 Å². The summed E-state index contributed by atoms with van der Waals surface area (Å²) in [6, 6.07) is 8.00. The monoisotopic (exact) mass is 388 g/mol. The number of ether oxygens (including phenoxy) is 1. The number of carbonyl (C=O) groups excluding carboxylic acids is 2. The van der Waals surface area contributed by atoms with Crippen LogP contribution in [0.3, 0.4) is 0 Å². The van der Waals surface area contributed by atoms with E-state index in [4.69, 9.17) is 22.1 Å². The summed E-state index contributed by atoms with van der Waals surface area (Å²) < 4.78 is 5.73. The molecule has 0 bridgehead atoms. The molecule has 1 saturated heterocycles.